The summed E-state index contributed by atoms with van der Waals surface area (Å²) in [5, 5.41) is 3.84. The molecule has 3 rings (SSSR count). The van der Waals surface area contributed by atoms with Crippen molar-refractivity contribution >= 4 is 28.3 Å². The fourth-order valence-electron chi connectivity index (χ4n) is 2.94. The van der Waals surface area contributed by atoms with Gasteiger partial charge in [-0.05, 0) is 25.0 Å². The molecule has 1 aliphatic rings. The SMILES string of the molecule is CCNc1nc(C)c(C(=O)N2Cc3ccccc3CC2C(N)=O)s1. The van der Waals surface area contributed by atoms with E-state index < -0.39 is 11.9 Å². The zero-order valence-corrected chi connectivity index (χ0v) is 14.5. The van der Waals surface area contributed by atoms with Crippen molar-refractivity contribution < 1.29 is 9.59 Å². The summed E-state index contributed by atoms with van der Waals surface area (Å²) in [6, 6.07) is 7.21. The van der Waals surface area contributed by atoms with Crippen molar-refractivity contribution in [3.8, 4) is 0 Å². The van der Waals surface area contributed by atoms with E-state index in [1.165, 1.54) is 11.3 Å². The molecule has 2 amide bonds. The van der Waals surface area contributed by atoms with Crippen molar-refractivity contribution in [2.45, 2.75) is 32.9 Å². The first kappa shape index (κ1) is 16.4. The van der Waals surface area contributed by atoms with Crippen LogP contribution in [0.3, 0.4) is 0 Å². The van der Waals surface area contributed by atoms with Crippen LogP contribution >= 0.6 is 11.3 Å². The van der Waals surface area contributed by atoms with Gasteiger partial charge in [0, 0.05) is 19.5 Å². The van der Waals surface area contributed by atoms with Crippen molar-refractivity contribution in [2.24, 2.45) is 5.73 Å². The van der Waals surface area contributed by atoms with Crippen LogP contribution in [0.25, 0.3) is 0 Å². The van der Waals surface area contributed by atoms with Crippen LogP contribution in [-0.2, 0) is 17.8 Å². The van der Waals surface area contributed by atoms with Crippen LogP contribution in [0.4, 0.5) is 5.13 Å². The number of nitrogens with zero attached hydrogens (tertiary/aromatic N) is 2. The fourth-order valence-corrected chi connectivity index (χ4v) is 3.93. The Hall–Kier alpha value is -2.41. The molecular weight excluding hydrogens is 324 g/mol. The average molecular weight is 344 g/mol. The first-order chi connectivity index (χ1) is 11.5. The van der Waals surface area contributed by atoms with E-state index in [2.05, 4.69) is 10.3 Å². The Morgan fingerprint density at radius 2 is 2.08 bits per heavy atom. The number of fused-ring (bicyclic) bond motifs is 1. The maximum Gasteiger partial charge on any atom is 0.266 e. The molecule has 126 valence electrons. The Morgan fingerprint density at radius 1 is 1.38 bits per heavy atom. The van der Waals surface area contributed by atoms with Gasteiger partial charge in [0.1, 0.15) is 10.9 Å². The molecule has 2 aromatic rings. The highest BCUT2D eigenvalue weighted by Crippen LogP contribution is 2.29. The van der Waals surface area contributed by atoms with E-state index >= 15 is 0 Å². The number of aromatic nitrogens is 1. The number of rotatable bonds is 4. The van der Waals surface area contributed by atoms with Gasteiger partial charge in [0.2, 0.25) is 5.91 Å². The zero-order valence-electron chi connectivity index (χ0n) is 13.7. The lowest BCUT2D eigenvalue weighted by Gasteiger charge is -2.34. The fraction of sp³-hybridized carbons (Fsp3) is 0.353. The Labute approximate surface area is 144 Å². The number of nitrogens with one attached hydrogen (secondary N) is 1. The van der Waals surface area contributed by atoms with Gasteiger partial charge < -0.3 is 16.0 Å². The number of hydrogen-bond donors (Lipinski definition) is 2. The molecule has 7 heteroatoms. The van der Waals surface area contributed by atoms with E-state index in [1.807, 2.05) is 38.1 Å². The number of nitrogens with two attached hydrogens (primary N) is 1. The Bertz CT molecular complexity index is 787. The van der Waals surface area contributed by atoms with Gasteiger partial charge in [-0.15, -0.1) is 0 Å². The Morgan fingerprint density at radius 3 is 2.75 bits per heavy atom. The summed E-state index contributed by atoms with van der Waals surface area (Å²) in [6.07, 6.45) is 0.454. The normalized spacial score (nSPS) is 16.6. The molecule has 0 radical (unpaired) electrons. The number of amides is 2. The first-order valence-electron chi connectivity index (χ1n) is 7.89. The van der Waals surface area contributed by atoms with Crippen LogP contribution in [0.2, 0.25) is 0 Å². The topological polar surface area (TPSA) is 88.3 Å². The summed E-state index contributed by atoms with van der Waals surface area (Å²) < 4.78 is 0. The molecule has 0 aliphatic carbocycles. The molecule has 1 aromatic heterocycles. The van der Waals surface area contributed by atoms with E-state index in [9.17, 15) is 9.59 Å². The molecule has 0 saturated carbocycles. The third-order valence-corrected chi connectivity index (χ3v) is 5.26. The molecule has 24 heavy (non-hydrogen) atoms. The van der Waals surface area contributed by atoms with Gasteiger partial charge in [0.15, 0.2) is 5.13 Å². The van der Waals surface area contributed by atoms with Crippen LogP contribution < -0.4 is 11.1 Å². The smallest absolute Gasteiger partial charge is 0.266 e. The minimum atomic E-state index is -0.628. The second-order valence-corrected chi connectivity index (χ2v) is 6.79. The summed E-state index contributed by atoms with van der Waals surface area (Å²) >= 11 is 1.32. The lowest BCUT2D eigenvalue weighted by molar-refractivity contribution is -0.122. The highest BCUT2D eigenvalue weighted by Gasteiger charge is 2.35. The number of thiazole rings is 1. The van der Waals surface area contributed by atoms with Gasteiger partial charge >= 0.3 is 0 Å². The number of benzene rings is 1. The molecule has 1 atom stereocenters. The molecule has 6 nitrogen and oxygen atoms in total. The van der Waals surface area contributed by atoms with Gasteiger partial charge in [0.05, 0.1) is 5.69 Å². The molecule has 1 unspecified atom stereocenters. The highest BCUT2D eigenvalue weighted by molar-refractivity contribution is 7.17. The maximum absolute atomic E-state index is 13.0. The van der Waals surface area contributed by atoms with Crippen LogP contribution in [0.15, 0.2) is 24.3 Å². The number of aryl methyl sites for hydroxylation is 1. The standard InChI is InChI=1S/C17H20N4O2S/c1-3-19-17-20-10(2)14(24-17)16(23)21-9-12-7-5-4-6-11(12)8-13(21)15(18)22/h4-7,13H,3,8-9H2,1-2H3,(H2,18,22)(H,19,20). The number of hydrogen-bond acceptors (Lipinski definition) is 5. The van der Waals surface area contributed by atoms with Crippen molar-refractivity contribution in [3.05, 3.63) is 46.0 Å². The van der Waals surface area contributed by atoms with Crippen molar-refractivity contribution in [1.82, 2.24) is 9.88 Å². The van der Waals surface area contributed by atoms with E-state index in [4.69, 9.17) is 5.73 Å². The predicted molar refractivity (Wildman–Crippen MR) is 94.0 cm³/mol. The van der Waals surface area contributed by atoms with E-state index in [1.54, 1.807) is 4.90 Å². The van der Waals surface area contributed by atoms with Crippen molar-refractivity contribution in [1.29, 1.82) is 0 Å². The minimum Gasteiger partial charge on any atom is -0.368 e. The molecule has 0 fully saturated rings. The van der Waals surface area contributed by atoms with Gasteiger partial charge in [-0.25, -0.2) is 4.98 Å². The van der Waals surface area contributed by atoms with E-state index in [0.717, 1.165) is 17.7 Å². The minimum absolute atomic E-state index is 0.188. The highest BCUT2D eigenvalue weighted by atomic mass is 32.1. The molecular formula is C17H20N4O2S. The van der Waals surface area contributed by atoms with E-state index in [-0.39, 0.29) is 5.91 Å². The van der Waals surface area contributed by atoms with Gasteiger partial charge in [-0.3, -0.25) is 9.59 Å². The third kappa shape index (κ3) is 2.99. The summed E-state index contributed by atoms with van der Waals surface area (Å²) in [5.74, 6) is -0.667. The zero-order chi connectivity index (χ0) is 17.3. The first-order valence-corrected chi connectivity index (χ1v) is 8.71. The number of primary amides is 1. The molecule has 2 heterocycles. The quantitative estimate of drug-likeness (QED) is 0.887. The van der Waals surface area contributed by atoms with Gasteiger partial charge in [-0.2, -0.15) is 0 Å². The van der Waals surface area contributed by atoms with Gasteiger partial charge in [0.25, 0.3) is 5.91 Å². The lowest BCUT2D eigenvalue weighted by Crippen LogP contribution is -2.51. The predicted octanol–water partition coefficient (Wildman–Crippen LogP) is 1.94. The molecule has 3 N–H and O–H groups in total. The van der Waals surface area contributed by atoms with Crippen LogP contribution in [0.5, 0.6) is 0 Å². The van der Waals surface area contributed by atoms with E-state index in [0.29, 0.717) is 28.7 Å². The summed E-state index contributed by atoms with van der Waals surface area (Å²) in [7, 11) is 0. The number of anilines is 1. The van der Waals surface area contributed by atoms with Crippen LogP contribution in [-0.4, -0.2) is 34.3 Å². The lowest BCUT2D eigenvalue weighted by atomic mass is 9.93. The molecule has 0 saturated heterocycles. The third-order valence-electron chi connectivity index (χ3n) is 4.16. The number of carbonyl (C=O) groups excluding carboxylic acids is 2. The van der Waals surface area contributed by atoms with Crippen LogP contribution in [0, 0.1) is 6.92 Å². The molecule has 0 bridgehead atoms. The molecule has 1 aliphatic heterocycles. The Kier molecular flexibility index (Phi) is 4.53. The summed E-state index contributed by atoms with van der Waals surface area (Å²) in [5.41, 5.74) is 8.36. The van der Waals surface area contributed by atoms with Crippen molar-refractivity contribution in [2.75, 3.05) is 11.9 Å². The number of carbonyl (C=O) groups is 2. The Balaban J connectivity index is 1.94. The second-order valence-electron chi connectivity index (χ2n) is 5.79. The maximum atomic E-state index is 13.0. The monoisotopic (exact) mass is 344 g/mol. The van der Waals surface area contributed by atoms with Crippen LogP contribution in [0.1, 0.15) is 33.4 Å². The van der Waals surface area contributed by atoms with Gasteiger partial charge in [-0.1, -0.05) is 35.6 Å². The largest absolute Gasteiger partial charge is 0.368 e. The summed E-state index contributed by atoms with van der Waals surface area (Å²) in [4.78, 5) is 31.4. The summed E-state index contributed by atoms with van der Waals surface area (Å²) in [6.45, 7) is 4.91. The molecule has 1 aromatic carbocycles. The second kappa shape index (κ2) is 6.60. The molecule has 0 spiro atoms. The average Bonchev–Trinajstić information content (AvgIpc) is 2.93. The van der Waals surface area contributed by atoms with Crippen molar-refractivity contribution in [3.63, 3.8) is 0 Å².